The van der Waals surface area contributed by atoms with Gasteiger partial charge in [-0.1, -0.05) is 11.6 Å². The molecule has 0 spiro atoms. The molecular weight excluding hydrogens is 288 g/mol. The molecule has 0 aliphatic rings. The molecule has 1 aromatic heterocycles. The maximum Gasteiger partial charge on any atom is 0.247 e. The van der Waals surface area contributed by atoms with Crippen molar-refractivity contribution in [2.24, 2.45) is 0 Å². The van der Waals surface area contributed by atoms with Gasteiger partial charge in [0.25, 0.3) is 0 Å². The third-order valence-corrected chi connectivity index (χ3v) is 3.63. The van der Waals surface area contributed by atoms with Gasteiger partial charge in [-0.3, -0.25) is 0 Å². The van der Waals surface area contributed by atoms with Crippen LogP contribution in [0.1, 0.15) is 5.89 Å². The van der Waals surface area contributed by atoms with Gasteiger partial charge in [-0.15, -0.1) is 22.0 Å². The number of thioether (sulfide) groups is 1. The molecule has 1 heterocycles. The van der Waals surface area contributed by atoms with Crippen molar-refractivity contribution in [1.82, 2.24) is 10.2 Å². The summed E-state index contributed by atoms with van der Waals surface area (Å²) >= 11 is 7.22. The maximum atomic E-state index is 9.20. The molecule has 5 nitrogen and oxygen atoms in total. The SMILES string of the molecule is OC[C@H](O)CSCc1nnc(-c2ccc(Cl)cc2)o1. The number of aliphatic hydroxyl groups is 2. The van der Waals surface area contributed by atoms with Gasteiger partial charge in [0.2, 0.25) is 11.8 Å². The van der Waals surface area contributed by atoms with Crippen LogP contribution in [0.5, 0.6) is 0 Å². The van der Waals surface area contributed by atoms with Crippen molar-refractivity contribution in [2.45, 2.75) is 11.9 Å². The second-order valence-corrected chi connectivity index (χ2v) is 5.33. The Kier molecular flexibility index (Phi) is 5.21. The molecule has 1 aromatic carbocycles. The van der Waals surface area contributed by atoms with Crippen LogP contribution in [-0.2, 0) is 5.75 Å². The fraction of sp³-hybridized carbons (Fsp3) is 0.333. The van der Waals surface area contributed by atoms with Crippen LogP contribution in [0.25, 0.3) is 11.5 Å². The number of halogens is 1. The summed E-state index contributed by atoms with van der Waals surface area (Å²) in [7, 11) is 0. The second kappa shape index (κ2) is 6.91. The van der Waals surface area contributed by atoms with Crippen molar-refractivity contribution in [3.63, 3.8) is 0 Å². The molecule has 0 radical (unpaired) electrons. The molecule has 1 atom stereocenters. The Bertz CT molecular complexity index is 518. The zero-order chi connectivity index (χ0) is 13.7. The molecule has 0 amide bonds. The lowest BCUT2D eigenvalue weighted by molar-refractivity contribution is 0.113. The van der Waals surface area contributed by atoms with Gasteiger partial charge in [0, 0.05) is 16.3 Å². The standard InChI is InChI=1S/C12H13ClN2O3S/c13-9-3-1-8(2-4-9)12-15-14-11(18-12)7-19-6-10(17)5-16/h1-4,10,16-17H,5-7H2/t10-/m0/s1. The fourth-order valence-corrected chi connectivity index (χ4v) is 2.27. The summed E-state index contributed by atoms with van der Waals surface area (Å²) in [6.45, 7) is -0.243. The summed E-state index contributed by atoms with van der Waals surface area (Å²) in [5, 5.41) is 26.4. The number of nitrogens with zero attached hydrogens (tertiary/aromatic N) is 2. The molecule has 2 N–H and O–H groups in total. The molecule has 0 bridgehead atoms. The smallest absolute Gasteiger partial charge is 0.247 e. The zero-order valence-electron chi connectivity index (χ0n) is 9.99. The molecule has 19 heavy (non-hydrogen) atoms. The van der Waals surface area contributed by atoms with Gasteiger partial charge in [-0.05, 0) is 24.3 Å². The predicted molar refractivity (Wildman–Crippen MR) is 74.0 cm³/mol. The third-order valence-electron chi connectivity index (χ3n) is 2.30. The van der Waals surface area contributed by atoms with Crippen LogP contribution < -0.4 is 0 Å². The molecule has 0 saturated heterocycles. The predicted octanol–water partition coefficient (Wildman–Crippen LogP) is 1.98. The van der Waals surface area contributed by atoms with Gasteiger partial charge in [0.05, 0.1) is 18.5 Å². The summed E-state index contributed by atoms with van der Waals surface area (Å²) in [5.74, 6) is 1.85. The monoisotopic (exact) mass is 300 g/mol. The van der Waals surface area contributed by atoms with E-state index >= 15 is 0 Å². The Morgan fingerprint density at radius 2 is 2.00 bits per heavy atom. The lowest BCUT2D eigenvalue weighted by atomic mass is 10.2. The summed E-state index contributed by atoms with van der Waals surface area (Å²) in [5.41, 5.74) is 0.809. The Balaban J connectivity index is 1.93. The van der Waals surface area contributed by atoms with E-state index in [9.17, 15) is 5.11 Å². The topological polar surface area (TPSA) is 79.4 Å². The highest BCUT2D eigenvalue weighted by atomic mass is 35.5. The van der Waals surface area contributed by atoms with E-state index in [4.69, 9.17) is 21.1 Å². The lowest BCUT2D eigenvalue weighted by Gasteiger charge is -2.03. The van der Waals surface area contributed by atoms with Crippen molar-refractivity contribution in [3.8, 4) is 11.5 Å². The quantitative estimate of drug-likeness (QED) is 0.849. The van der Waals surface area contributed by atoms with Crippen molar-refractivity contribution < 1.29 is 14.6 Å². The molecule has 2 rings (SSSR count). The Hall–Kier alpha value is -1.08. The van der Waals surface area contributed by atoms with E-state index in [0.717, 1.165) is 5.56 Å². The minimum absolute atomic E-state index is 0.243. The van der Waals surface area contributed by atoms with Crippen molar-refractivity contribution in [2.75, 3.05) is 12.4 Å². The van der Waals surface area contributed by atoms with Crippen LogP contribution in [-0.4, -0.2) is 38.9 Å². The van der Waals surface area contributed by atoms with Gasteiger partial charge >= 0.3 is 0 Å². The van der Waals surface area contributed by atoms with Crippen LogP contribution in [0.3, 0.4) is 0 Å². The summed E-state index contributed by atoms with van der Waals surface area (Å²) in [6, 6.07) is 7.13. The van der Waals surface area contributed by atoms with Gasteiger partial charge in [-0.25, -0.2) is 0 Å². The minimum atomic E-state index is -0.719. The van der Waals surface area contributed by atoms with E-state index in [1.807, 2.05) is 12.1 Å². The molecule has 102 valence electrons. The van der Waals surface area contributed by atoms with Gasteiger partial charge < -0.3 is 14.6 Å². The van der Waals surface area contributed by atoms with Gasteiger partial charge in [0.1, 0.15) is 0 Å². The first-order valence-electron chi connectivity index (χ1n) is 5.64. The zero-order valence-corrected chi connectivity index (χ0v) is 11.6. The van der Waals surface area contributed by atoms with E-state index in [1.54, 1.807) is 12.1 Å². The number of aromatic nitrogens is 2. The highest BCUT2D eigenvalue weighted by Crippen LogP contribution is 2.21. The average Bonchev–Trinajstić information content (AvgIpc) is 2.88. The van der Waals surface area contributed by atoms with Crippen LogP contribution in [0.2, 0.25) is 5.02 Å². The highest BCUT2D eigenvalue weighted by molar-refractivity contribution is 7.98. The van der Waals surface area contributed by atoms with E-state index < -0.39 is 6.10 Å². The molecular formula is C12H13ClN2O3S. The third kappa shape index (κ3) is 4.21. The Morgan fingerprint density at radius 3 is 2.68 bits per heavy atom. The first kappa shape index (κ1) is 14.3. The molecule has 2 aromatic rings. The van der Waals surface area contributed by atoms with Crippen molar-refractivity contribution in [1.29, 1.82) is 0 Å². The number of benzene rings is 1. The fourth-order valence-electron chi connectivity index (χ4n) is 1.36. The molecule has 0 aliphatic heterocycles. The average molecular weight is 301 g/mol. The summed E-state index contributed by atoms with van der Waals surface area (Å²) in [6.07, 6.45) is -0.719. The largest absolute Gasteiger partial charge is 0.420 e. The Labute approximate surface area is 119 Å². The first-order valence-corrected chi connectivity index (χ1v) is 7.17. The van der Waals surface area contributed by atoms with Crippen molar-refractivity contribution >= 4 is 23.4 Å². The van der Waals surface area contributed by atoms with E-state index in [-0.39, 0.29) is 6.61 Å². The lowest BCUT2D eigenvalue weighted by Crippen LogP contribution is -2.14. The molecule has 0 saturated carbocycles. The maximum absolute atomic E-state index is 9.20. The Morgan fingerprint density at radius 1 is 1.26 bits per heavy atom. The van der Waals surface area contributed by atoms with Crippen LogP contribution in [0.4, 0.5) is 0 Å². The van der Waals surface area contributed by atoms with E-state index in [1.165, 1.54) is 11.8 Å². The molecule has 0 fully saturated rings. The van der Waals surface area contributed by atoms with E-state index in [0.29, 0.717) is 28.3 Å². The van der Waals surface area contributed by atoms with Crippen LogP contribution in [0, 0.1) is 0 Å². The highest BCUT2D eigenvalue weighted by Gasteiger charge is 2.09. The van der Waals surface area contributed by atoms with Crippen LogP contribution in [0.15, 0.2) is 28.7 Å². The molecule has 7 heteroatoms. The number of hydrogen-bond donors (Lipinski definition) is 2. The molecule has 0 aliphatic carbocycles. The number of aliphatic hydroxyl groups excluding tert-OH is 2. The van der Waals surface area contributed by atoms with Crippen molar-refractivity contribution in [3.05, 3.63) is 35.2 Å². The second-order valence-electron chi connectivity index (χ2n) is 3.86. The number of hydrogen-bond acceptors (Lipinski definition) is 6. The first-order chi connectivity index (χ1) is 9.19. The normalized spacial score (nSPS) is 12.6. The molecule has 0 unspecified atom stereocenters. The minimum Gasteiger partial charge on any atom is -0.420 e. The van der Waals surface area contributed by atoms with Gasteiger partial charge in [-0.2, -0.15) is 0 Å². The number of rotatable bonds is 6. The van der Waals surface area contributed by atoms with E-state index in [2.05, 4.69) is 10.2 Å². The summed E-state index contributed by atoms with van der Waals surface area (Å²) < 4.78 is 5.49. The summed E-state index contributed by atoms with van der Waals surface area (Å²) in [4.78, 5) is 0. The van der Waals surface area contributed by atoms with Gasteiger partial charge in [0.15, 0.2) is 0 Å². The van der Waals surface area contributed by atoms with Crippen LogP contribution >= 0.6 is 23.4 Å².